The number of rotatable bonds is 4. The van der Waals surface area contributed by atoms with Crippen molar-refractivity contribution in [3.05, 3.63) is 82.4 Å². The van der Waals surface area contributed by atoms with Crippen molar-refractivity contribution in [2.24, 2.45) is 0 Å². The van der Waals surface area contributed by atoms with E-state index in [-0.39, 0.29) is 0 Å². The molecule has 0 atom stereocenters. The number of aromatic nitrogens is 1. The van der Waals surface area contributed by atoms with Crippen LogP contribution in [0.15, 0.2) is 48.5 Å². The Balaban J connectivity index is 1.92. The normalized spacial score (nSPS) is 10.7. The molecule has 3 aromatic rings. The van der Waals surface area contributed by atoms with Gasteiger partial charge in [-0.15, -0.1) is 0 Å². The molecule has 1 N–H and O–H groups in total. The summed E-state index contributed by atoms with van der Waals surface area (Å²) < 4.78 is 15.0. The first-order valence-corrected chi connectivity index (χ1v) is 8.65. The quantitative estimate of drug-likeness (QED) is 0.540. The number of nitrogens with one attached hydrogen (secondary N) is 1. The summed E-state index contributed by atoms with van der Waals surface area (Å²) in [5, 5.41) is 2.52. The van der Waals surface area contributed by atoms with Crippen molar-refractivity contribution in [3.8, 4) is 5.69 Å². The van der Waals surface area contributed by atoms with E-state index in [9.17, 15) is 14.0 Å². The van der Waals surface area contributed by atoms with Gasteiger partial charge in [-0.05, 0) is 69.7 Å². The molecule has 0 spiro atoms. The van der Waals surface area contributed by atoms with Gasteiger partial charge in [0.25, 0.3) is 11.7 Å². The number of hydrogen-bond acceptors (Lipinski definition) is 2. The Labute approximate surface area is 157 Å². The summed E-state index contributed by atoms with van der Waals surface area (Å²) in [5.74, 6) is -1.78. The first-order valence-electron chi connectivity index (χ1n) is 8.65. The Hall–Kier alpha value is -3.21. The van der Waals surface area contributed by atoms with Crippen LogP contribution in [0.1, 0.15) is 32.9 Å². The second-order valence-electron chi connectivity index (χ2n) is 6.70. The molecule has 3 rings (SSSR count). The van der Waals surface area contributed by atoms with Gasteiger partial charge in [-0.1, -0.05) is 17.7 Å². The number of ketones is 1. The number of benzene rings is 2. The number of aryl methyl sites for hydroxylation is 3. The predicted molar refractivity (Wildman–Crippen MR) is 104 cm³/mol. The van der Waals surface area contributed by atoms with Crippen molar-refractivity contribution in [2.75, 3.05) is 5.32 Å². The summed E-state index contributed by atoms with van der Waals surface area (Å²) in [4.78, 5) is 25.0. The van der Waals surface area contributed by atoms with E-state index in [1.807, 2.05) is 44.4 Å². The summed E-state index contributed by atoms with van der Waals surface area (Å²) in [7, 11) is 0. The average molecular weight is 364 g/mol. The van der Waals surface area contributed by atoms with Gasteiger partial charge in [0, 0.05) is 28.3 Å². The van der Waals surface area contributed by atoms with Gasteiger partial charge in [0.1, 0.15) is 5.82 Å². The number of halogens is 1. The van der Waals surface area contributed by atoms with E-state index < -0.39 is 17.5 Å². The van der Waals surface area contributed by atoms with Crippen molar-refractivity contribution in [1.29, 1.82) is 0 Å². The first kappa shape index (κ1) is 18.6. The molecule has 1 amide bonds. The first-order chi connectivity index (χ1) is 12.8. The molecule has 0 saturated carbocycles. The standard InChI is InChI=1S/C22H21FN2O2/c1-13-5-10-20(14(2)11-13)25-15(3)12-19(16(25)4)21(26)22(27)24-18-8-6-17(23)7-9-18/h5-12H,1-4H3,(H,24,27). The number of anilines is 1. The van der Waals surface area contributed by atoms with E-state index >= 15 is 0 Å². The lowest BCUT2D eigenvalue weighted by molar-refractivity contribution is -0.112. The Morgan fingerprint density at radius 1 is 0.926 bits per heavy atom. The number of nitrogens with zero attached hydrogens (tertiary/aromatic N) is 1. The minimum atomic E-state index is -0.748. The largest absolute Gasteiger partial charge is 0.319 e. The summed E-state index contributed by atoms with van der Waals surface area (Å²) in [5.41, 5.74) is 5.54. The fourth-order valence-electron chi connectivity index (χ4n) is 3.26. The number of amides is 1. The van der Waals surface area contributed by atoms with Gasteiger partial charge < -0.3 is 9.88 Å². The van der Waals surface area contributed by atoms with Gasteiger partial charge in [-0.25, -0.2) is 4.39 Å². The maximum absolute atomic E-state index is 13.0. The van der Waals surface area contributed by atoms with Gasteiger partial charge in [-0.3, -0.25) is 9.59 Å². The monoisotopic (exact) mass is 364 g/mol. The summed E-state index contributed by atoms with van der Waals surface area (Å²) in [6.07, 6.45) is 0. The van der Waals surface area contributed by atoms with Crippen molar-refractivity contribution in [1.82, 2.24) is 4.57 Å². The third-order valence-corrected chi connectivity index (χ3v) is 4.58. The molecule has 0 aliphatic rings. The highest BCUT2D eigenvalue weighted by Gasteiger charge is 2.23. The molecule has 0 fully saturated rings. The molecule has 5 heteroatoms. The van der Waals surface area contributed by atoms with Crippen LogP contribution >= 0.6 is 0 Å². The zero-order chi connectivity index (χ0) is 19.7. The molecule has 138 valence electrons. The van der Waals surface area contributed by atoms with Crippen LogP contribution in [-0.2, 0) is 4.79 Å². The van der Waals surface area contributed by atoms with Crippen LogP contribution in [0.4, 0.5) is 10.1 Å². The molecule has 0 bridgehead atoms. The minimum absolute atomic E-state index is 0.354. The van der Waals surface area contributed by atoms with E-state index in [0.717, 1.165) is 22.5 Å². The average Bonchev–Trinajstić information content (AvgIpc) is 2.91. The molecule has 1 heterocycles. The second kappa shape index (κ2) is 7.19. The van der Waals surface area contributed by atoms with Crippen LogP contribution in [0.25, 0.3) is 5.69 Å². The molecule has 4 nitrogen and oxygen atoms in total. The maximum atomic E-state index is 13.0. The van der Waals surface area contributed by atoms with Crippen molar-refractivity contribution in [3.63, 3.8) is 0 Å². The summed E-state index contributed by atoms with van der Waals surface area (Å²) in [6, 6.07) is 13.1. The van der Waals surface area contributed by atoms with Gasteiger partial charge in [-0.2, -0.15) is 0 Å². The molecule has 0 saturated heterocycles. The van der Waals surface area contributed by atoms with E-state index in [4.69, 9.17) is 0 Å². The number of carbonyl (C=O) groups is 2. The lowest BCUT2D eigenvalue weighted by Crippen LogP contribution is -2.23. The molecule has 0 unspecified atom stereocenters. The van der Waals surface area contributed by atoms with E-state index in [0.29, 0.717) is 16.9 Å². The Morgan fingerprint density at radius 3 is 2.22 bits per heavy atom. The van der Waals surface area contributed by atoms with E-state index in [2.05, 4.69) is 11.4 Å². The Morgan fingerprint density at radius 2 is 1.59 bits per heavy atom. The van der Waals surface area contributed by atoms with Gasteiger partial charge in [0.05, 0.1) is 0 Å². The smallest absolute Gasteiger partial charge is 0.296 e. The lowest BCUT2D eigenvalue weighted by Gasteiger charge is -2.13. The van der Waals surface area contributed by atoms with E-state index in [1.165, 1.54) is 24.3 Å². The number of carbonyl (C=O) groups excluding carboxylic acids is 2. The van der Waals surface area contributed by atoms with Gasteiger partial charge >= 0.3 is 0 Å². The van der Waals surface area contributed by atoms with E-state index in [1.54, 1.807) is 6.07 Å². The molecular weight excluding hydrogens is 343 g/mol. The number of hydrogen-bond donors (Lipinski definition) is 1. The highest BCUT2D eigenvalue weighted by molar-refractivity contribution is 6.46. The van der Waals surface area contributed by atoms with Crippen LogP contribution in [0, 0.1) is 33.5 Å². The molecule has 27 heavy (non-hydrogen) atoms. The topological polar surface area (TPSA) is 51.1 Å². The Bertz CT molecular complexity index is 1030. The van der Waals surface area contributed by atoms with Crippen LogP contribution in [0.2, 0.25) is 0 Å². The van der Waals surface area contributed by atoms with Crippen LogP contribution in [0.5, 0.6) is 0 Å². The molecule has 1 aromatic heterocycles. The fourth-order valence-corrected chi connectivity index (χ4v) is 3.26. The molecular formula is C22H21FN2O2. The van der Waals surface area contributed by atoms with Gasteiger partial charge in [0.2, 0.25) is 0 Å². The molecule has 0 aliphatic heterocycles. The van der Waals surface area contributed by atoms with Crippen LogP contribution in [0.3, 0.4) is 0 Å². The minimum Gasteiger partial charge on any atom is -0.319 e. The molecule has 0 aliphatic carbocycles. The molecule has 0 radical (unpaired) electrons. The third kappa shape index (κ3) is 3.67. The van der Waals surface area contributed by atoms with Crippen molar-refractivity contribution in [2.45, 2.75) is 27.7 Å². The third-order valence-electron chi connectivity index (χ3n) is 4.58. The number of Topliss-reactive ketones (excluding diaryl/α,β-unsaturated/α-hetero) is 1. The van der Waals surface area contributed by atoms with Gasteiger partial charge in [0.15, 0.2) is 0 Å². The fraction of sp³-hybridized carbons (Fsp3) is 0.182. The van der Waals surface area contributed by atoms with Crippen molar-refractivity contribution >= 4 is 17.4 Å². The maximum Gasteiger partial charge on any atom is 0.296 e. The highest BCUT2D eigenvalue weighted by atomic mass is 19.1. The SMILES string of the molecule is Cc1ccc(-n2c(C)cc(C(=O)C(=O)Nc3ccc(F)cc3)c2C)c(C)c1. The molecule has 2 aromatic carbocycles. The highest BCUT2D eigenvalue weighted by Crippen LogP contribution is 2.24. The van der Waals surface area contributed by atoms with Crippen LogP contribution < -0.4 is 5.32 Å². The zero-order valence-corrected chi connectivity index (χ0v) is 15.8. The summed E-state index contributed by atoms with van der Waals surface area (Å²) >= 11 is 0. The van der Waals surface area contributed by atoms with Crippen LogP contribution in [-0.4, -0.2) is 16.3 Å². The second-order valence-corrected chi connectivity index (χ2v) is 6.70. The predicted octanol–water partition coefficient (Wildman–Crippen LogP) is 4.67. The lowest BCUT2D eigenvalue weighted by atomic mass is 10.1. The zero-order valence-electron chi connectivity index (χ0n) is 15.8. The summed E-state index contributed by atoms with van der Waals surface area (Å²) in [6.45, 7) is 7.77. The Kier molecular flexibility index (Phi) is 4.95. The van der Waals surface area contributed by atoms with Crippen molar-refractivity contribution < 1.29 is 14.0 Å².